The molecule has 0 bridgehead atoms. The SMILES string of the molecule is CCC(c1ccc(N(CC)CC)cc1)c1ccc(N(CC)CC)cc1. The standard InChI is InChI=1S/C23H34N2/c1-6-23(19-11-15-21(16-12-19)24(7-2)8-3)20-13-17-22(18-14-20)25(9-4)10-5/h11-18,23H,6-10H2,1-5H3. The zero-order valence-electron chi connectivity index (χ0n) is 16.6. The van der Waals surface area contributed by atoms with E-state index in [1.165, 1.54) is 22.5 Å². The number of hydrogen-bond acceptors (Lipinski definition) is 2. The molecule has 0 aliphatic rings. The van der Waals surface area contributed by atoms with E-state index in [9.17, 15) is 0 Å². The van der Waals surface area contributed by atoms with Gasteiger partial charge in [0.05, 0.1) is 0 Å². The Bertz CT molecular complexity index is 552. The Morgan fingerprint density at radius 1 is 0.560 bits per heavy atom. The number of hydrogen-bond donors (Lipinski definition) is 0. The summed E-state index contributed by atoms with van der Waals surface area (Å²) < 4.78 is 0. The Labute approximate surface area is 154 Å². The first-order valence-corrected chi connectivity index (χ1v) is 9.88. The van der Waals surface area contributed by atoms with Crippen LogP contribution in [0.2, 0.25) is 0 Å². The maximum atomic E-state index is 2.39. The molecular formula is C23H34N2. The van der Waals surface area contributed by atoms with Gasteiger partial charge in [0, 0.05) is 43.5 Å². The number of benzene rings is 2. The van der Waals surface area contributed by atoms with Crippen molar-refractivity contribution in [3.8, 4) is 0 Å². The fourth-order valence-corrected chi connectivity index (χ4v) is 3.68. The van der Waals surface area contributed by atoms with Crippen LogP contribution in [0.4, 0.5) is 11.4 Å². The second-order valence-electron chi connectivity index (χ2n) is 6.49. The van der Waals surface area contributed by atoms with E-state index in [0.717, 1.165) is 32.6 Å². The van der Waals surface area contributed by atoms with Gasteiger partial charge in [-0.25, -0.2) is 0 Å². The summed E-state index contributed by atoms with van der Waals surface area (Å²) in [6.07, 6.45) is 1.12. The van der Waals surface area contributed by atoms with Crippen LogP contribution in [0, 0.1) is 0 Å². The zero-order valence-corrected chi connectivity index (χ0v) is 16.6. The van der Waals surface area contributed by atoms with E-state index in [0.29, 0.717) is 5.92 Å². The molecule has 0 saturated carbocycles. The summed E-state index contributed by atoms with van der Waals surface area (Å²) in [5.41, 5.74) is 5.46. The Morgan fingerprint density at radius 2 is 0.880 bits per heavy atom. The van der Waals surface area contributed by atoms with Crippen molar-refractivity contribution < 1.29 is 0 Å². The molecule has 25 heavy (non-hydrogen) atoms. The van der Waals surface area contributed by atoms with Crippen LogP contribution in [0.5, 0.6) is 0 Å². The lowest BCUT2D eigenvalue weighted by atomic mass is 9.89. The maximum Gasteiger partial charge on any atom is 0.0366 e. The summed E-state index contributed by atoms with van der Waals surface area (Å²) in [6.45, 7) is 15.3. The highest BCUT2D eigenvalue weighted by Crippen LogP contribution is 2.30. The molecule has 0 N–H and O–H groups in total. The van der Waals surface area contributed by atoms with Gasteiger partial charge in [0.2, 0.25) is 0 Å². The van der Waals surface area contributed by atoms with Crippen molar-refractivity contribution in [3.05, 3.63) is 59.7 Å². The van der Waals surface area contributed by atoms with E-state index in [1.54, 1.807) is 0 Å². The zero-order chi connectivity index (χ0) is 18.2. The van der Waals surface area contributed by atoms with Gasteiger partial charge in [-0.05, 0) is 69.5 Å². The molecule has 2 heteroatoms. The first kappa shape index (κ1) is 19.4. The van der Waals surface area contributed by atoms with Crippen LogP contribution in [0.15, 0.2) is 48.5 Å². The first-order chi connectivity index (χ1) is 12.2. The van der Waals surface area contributed by atoms with Crippen molar-refractivity contribution in [3.63, 3.8) is 0 Å². The van der Waals surface area contributed by atoms with Crippen molar-refractivity contribution in [1.82, 2.24) is 0 Å². The first-order valence-electron chi connectivity index (χ1n) is 9.88. The monoisotopic (exact) mass is 338 g/mol. The number of rotatable bonds is 9. The summed E-state index contributed by atoms with van der Waals surface area (Å²) in [7, 11) is 0. The second-order valence-corrected chi connectivity index (χ2v) is 6.49. The molecular weight excluding hydrogens is 304 g/mol. The molecule has 0 aliphatic carbocycles. The van der Waals surface area contributed by atoms with E-state index in [4.69, 9.17) is 0 Å². The van der Waals surface area contributed by atoms with Crippen molar-refractivity contribution in [2.75, 3.05) is 36.0 Å². The second kappa shape index (κ2) is 9.50. The molecule has 2 rings (SSSR count). The molecule has 0 saturated heterocycles. The fourth-order valence-electron chi connectivity index (χ4n) is 3.68. The lowest BCUT2D eigenvalue weighted by Gasteiger charge is -2.24. The largest absolute Gasteiger partial charge is 0.372 e. The summed E-state index contributed by atoms with van der Waals surface area (Å²) >= 11 is 0. The summed E-state index contributed by atoms with van der Waals surface area (Å²) in [6, 6.07) is 18.3. The van der Waals surface area contributed by atoms with E-state index in [2.05, 4.69) is 92.9 Å². The lowest BCUT2D eigenvalue weighted by Crippen LogP contribution is -2.21. The predicted molar refractivity (Wildman–Crippen MR) is 112 cm³/mol. The maximum absolute atomic E-state index is 2.39. The molecule has 0 unspecified atom stereocenters. The van der Waals surface area contributed by atoms with E-state index >= 15 is 0 Å². The van der Waals surface area contributed by atoms with E-state index in [1.807, 2.05) is 0 Å². The molecule has 2 aromatic carbocycles. The highest BCUT2D eigenvalue weighted by Gasteiger charge is 2.13. The van der Waals surface area contributed by atoms with Gasteiger partial charge < -0.3 is 9.80 Å². The van der Waals surface area contributed by atoms with Crippen molar-refractivity contribution >= 4 is 11.4 Å². The smallest absolute Gasteiger partial charge is 0.0366 e. The lowest BCUT2D eigenvalue weighted by molar-refractivity contribution is 0.775. The molecule has 136 valence electrons. The minimum absolute atomic E-state index is 0.469. The molecule has 0 amide bonds. The topological polar surface area (TPSA) is 6.48 Å². The molecule has 0 aliphatic heterocycles. The van der Waals surface area contributed by atoms with Gasteiger partial charge in [-0.2, -0.15) is 0 Å². The van der Waals surface area contributed by atoms with Crippen LogP contribution >= 0.6 is 0 Å². The Kier molecular flexibility index (Phi) is 7.36. The van der Waals surface area contributed by atoms with Crippen LogP contribution in [-0.4, -0.2) is 26.2 Å². The summed E-state index contributed by atoms with van der Waals surface area (Å²) in [4.78, 5) is 4.78. The van der Waals surface area contributed by atoms with Gasteiger partial charge in [0.15, 0.2) is 0 Å². The third-order valence-corrected chi connectivity index (χ3v) is 5.26. The van der Waals surface area contributed by atoms with Crippen LogP contribution in [0.1, 0.15) is 58.1 Å². The van der Waals surface area contributed by atoms with Crippen molar-refractivity contribution in [2.45, 2.75) is 47.0 Å². The van der Waals surface area contributed by atoms with Crippen LogP contribution < -0.4 is 9.80 Å². The molecule has 0 radical (unpaired) electrons. The van der Waals surface area contributed by atoms with Crippen LogP contribution in [0.3, 0.4) is 0 Å². The fraction of sp³-hybridized carbons (Fsp3) is 0.478. The molecule has 2 nitrogen and oxygen atoms in total. The third-order valence-electron chi connectivity index (χ3n) is 5.26. The summed E-state index contributed by atoms with van der Waals surface area (Å²) in [5, 5.41) is 0. The average molecular weight is 339 g/mol. The number of anilines is 2. The normalized spacial score (nSPS) is 11.0. The van der Waals surface area contributed by atoms with Gasteiger partial charge in [0.1, 0.15) is 0 Å². The van der Waals surface area contributed by atoms with Crippen molar-refractivity contribution in [1.29, 1.82) is 0 Å². The Hall–Kier alpha value is -1.96. The molecule has 2 aromatic rings. The molecule has 0 spiro atoms. The predicted octanol–water partition coefficient (Wildman–Crippen LogP) is 5.92. The average Bonchev–Trinajstić information content (AvgIpc) is 2.67. The highest BCUT2D eigenvalue weighted by atomic mass is 15.1. The van der Waals surface area contributed by atoms with Gasteiger partial charge in [-0.15, -0.1) is 0 Å². The minimum Gasteiger partial charge on any atom is -0.372 e. The Balaban J connectivity index is 2.21. The van der Waals surface area contributed by atoms with Crippen LogP contribution in [0.25, 0.3) is 0 Å². The molecule has 0 fully saturated rings. The van der Waals surface area contributed by atoms with Crippen LogP contribution in [-0.2, 0) is 0 Å². The molecule has 0 heterocycles. The van der Waals surface area contributed by atoms with E-state index in [-0.39, 0.29) is 0 Å². The summed E-state index contributed by atoms with van der Waals surface area (Å²) in [5.74, 6) is 0.469. The van der Waals surface area contributed by atoms with Gasteiger partial charge in [0.25, 0.3) is 0 Å². The Morgan fingerprint density at radius 3 is 1.12 bits per heavy atom. The van der Waals surface area contributed by atoms with Gasteiger partial charge in [-0.3, -0.25) is 0 Å². The third kappa shape index (κ3) is 4.56. The molecule has 0 aromatic heterocycles. The van der Waals surface area contributed by atoms with E-state index < -0.39 is 0 Å². The highest BCUT2D eigenvalue weighted by molar-refractivity contribution is 5.51. The van der Waals surface area contributed by atoms with Gasteiger partial charge in [-0.1, -0.05) is 31.2 Å². The minimum atomic E-state index is 0.469. The quantitative estimate of drug-likeness (QED) is 0.560. The van der Waals surface area contributed by atoms with Gasteiger partial charge >= 0.3 is 0 Å². The van der Waals surface area contributed by atoms with Crippen molar-refractivity contribution in [2.24, 2.45) is 0 Å². The molecule has 0 atom stereocenters. The number of nitrogens with zero attached hydrogens (tertiary/aromatic N) is 2.